The maximum Gasteiger partial charge on any atom is 0.219 e. The second kappa shape index (κ2) is 9.69. The maximum atomic E-state index is 12.9. The number of amides is 1. The molecule has 0 radical (unpaired) electrons. The molecule has 5 nitrogen and oxygen atoms in total. The Morgan fingerprint density at radius 2 is 1.95 bits per heavy atom. The zero-order valence-corrected chi connectivity index (χ0v) is 12.8. The summed E-state index contributed by atoms with van der Waals surface area (Å²) in [5.74, 6) is -1.14. The number of nitrogens with one attached hydrogen (secondary N) is 1. The lowest BCUT2D eigenvalue weighted by atomic mass is 10.1. The van der Waals surface area contributed by atoms with Gasteiger partial charge in [0.2, 0.25) is 5.91 Å². The van der Waals surface area contributed by atoms with Crippen molar-refractivity contribution in [3.05, 3.63) is 0 Å². The third-order valence-electron chi connectivity index (χ3n) is 3.18. The first-order valence-corrected chi connectivity index (χ1v) is 7.19. The third kappa shape index (κ3) is 10.7. The highest BCUT2D eigenvalue weighted by molar-refractivity contribution is 5.75. The number of hydrogen-bond donors (Lipinski definition) is 1. The summed E-state index contributed by atoms with van der Waals surface area (Å²) in [6, 6.07) is 0. The average Bonchev–Trinajstić information content (AvgIpc) is 2.32. The van der Waals surface area contributed by atoms with E-state index in [2.05, 4.69) is 5.32 Å². The van der Waals surface area contributed by atoms with Crippen molar-refractivity contribution in [3.8, 4) is 0 Å². The van der Waals surface area contributed by atoms with Gasteiger partial charge in [0.1, 0.15) is 6.54 Å². The number of quaternary nitrogens is 1. The van der Waals surface area contributed by atoms with Crippen LogP contribution in [0.1, 0.15) is 39.0 Å². The summed E-state index contributed by atoms with van der Waals surface area (Å²) in [5.41, 5.74) is 0. The topological polar surface area (TPSA) is 69.2 Å². The molecule has 20 heavy (non-hydrogen) atoms. The Morgan fingerprint density at radius 1 is 1.30 bits per heavy atom. The van der Waals surface area contributed by atoms with Crippen LogP contribution in [0.3, 0.4) is 0 Å². The molecule has 1 unspecified atom stereocenters. The summed E-state index contributed by atoms with van der Waals surface area (Å²) in [6.45, 7) is 2.91. The number of carbonyl (C=O) groups excluding carboxylic acids is 2. The quantitative estimate of drug-likeness (QED) is 0.438. The summed E-state index contributed by atoms with van der Waals surface area (Å²) in [6.07, 6.45) is 1.72. The summed E-state index contributed by atoms with van der Waals surface area (Å²) in [7, 11) is 3.62. The molecular weight excluding hydrogens is 263 g/mol. The molecule has 1 amide bonds. The fourth-order valence-electron chi connectivity index (χ4n) is 1.94. The molecular formula is C14H27FN2O3. The first-order chi connectivity index (χ1) is 9.26. The van der Waals surface area contributed by atoms with E-state index in [1.165, 1.54) is 0 Å². The number of likely N-dealkylation sites (N-methyl/N-ethyl adjacent to an activating group) is 1. The minimum Gasteiger partial charge on any atom is -0.544 e. The highest BCUT2D eigenvalue weighted by atomic mass is 19.1. The van der Waals surface area contributed by atoms with Gasteiger partial charge in [-0.05, 0) is 19.3 Å². The van der Waals surface area contributed by atoms with Gasteiger partial charge in [0.05, 0.1) is 32.8 Å². The molecule has 118 valence electrons. The standard InChI is InChI=1S/C14H27FN2O3/c1-4-12(15)7-5-8-13(18)16-9-6-10-17(2,3)11-14(19)20/h12H,4-11H2,1-3H3,(H-,16,18,19,20). The van der Waals surface area contributed by atoms with Gasteiger partial charge in [-0.2, -0.15) is 0 Å². The number of aliphatic carboxylic acids is 1. The van der Waals surface area contributed by atoms with Crippen molar-refractivity contribution < 1.29 is 23.6 Å². The summed E-state index contributed by atoms with van der Waals surface area (Å²) in [4.78, 5) is 22.0. The first kappa shape index (κ1) is 18.8. The highest BCUT2D eigenvalue weighted by Crippen LogP contribution is 2.07. The molecule has 0 aromatic heterocycles. The van der Waals surface area contributed by atoms with Crippen LogP contribution in [0.5, 0.6) is 0 Å². The molecule has 0 aliphatic rings. The van der Waals surface area contributed by atoms with Gasteiger partial charge in [-0.15, -0.1) is 0 Å². The van der Waals surface area contributed by atoms with Crippen molar-refractivity contribution >= 4 is 11.9 Å². The van der Waals surface area contributed by atoms with Crippen LogP contribution in [-0.4, -0.2) is 56.3 Å². The Kier molecular flexibility index (Phi) is 9.12. The Bertz CT molecular complexity index is 309. The van der Waals surface area contributed by atoms with E-state index < -0.39 is 12.1 Å². The van der Waals surface area contributed by atoms with Crippen LogP contribution in [0.15, 0.2) is 0 Å². The van der Waals surface area contributed by atoms with Gasteiger partial charge < -0.3 is 19.7 Å². The third-order valence-corrected chi connectivity index (χ3v) is 3.18. The number of carbonyl (C=O) groups is 2. The molecule has 6 heteroatoms. The Balaban J connectivity index is 3.64. The number of nitrogens with zero attached hydrogens (tertiary/aromatic N) is 1. The minimum atomic E-state index is -1.07. The molecule has 0 fully saturated rings. The van der Waals surface area contributed by atoms with Crippen molar-refractivity contribution in [2.75, 3.05) is 33.7 Å². The van der Waals surface area contributed by atoms with Crippen LogP contribution >= 0.6 is 0 Å². The van der Waals surface area contributed by atoms with Crippen LogP contribution in [0.2, 0.25) is 0 Å². The summed E-state index contributed by atoms with van der Waals surface area (Å²) >= 11 is 0. The van der Waals surface area contributed by atoms with E-state index in [0.717, 1.165) is 0 Å². The van der Waals surface area contributed by atoms with Crippen molar-refractivity contribution in [2.24, 2.45) is 0 Å². The van der Waals surface area contributed by atoms with Gasteiger partial charge in [-0.25, -0.2) is 4.39 Å². The van der Waals surface area contributed by atoms with E-state index in [1.54, 1.807) is 6.92 Å². The molecule has 0 saturated heterocycles. The molecule has 0 rings (SSSR count). The zero-order chi connectivity index (χ0) is 15.6. The lowest BCUT2D eigenvalue weighted by Gasteiger charge is -2.30. The van der Waals surface area contributed by atoms with Crippen LogP contribution in [0.4, 0.5) is 4.39 Å². The molecule has 0 aliphatic heterocycles. The van der Waals surface area contributed by atoms with E-state index in [0.29, 0.717) is 49.7 Å². The van der Waals surface area contributed by atoms with Crippen molar-refractivity contribution in [2.45, 2.75) is 45.2 Å². The maximum absolute atomic E-state index is 12.9. The van der Waals surface area contributed by atoms with Crippen molar-refractivity contribution in [1.82, 2.24) is 5.32 Å². The number of carboxylic acid groups (broad SMARTS) is 1. The van der Waals surface area contributed by atoms with E-state index in [1.807, 2.05) is 14.1 Å². The molecule has 0 aromatic carbocycles. The van der Waals surface area contributed by atoms with Crippen molar-refractivity contribution in [3.63, 3.8) is 0 Å². The lowest BCUT2D eigenvalue weighted by Crippen LogP contribution is -2.49. The van der Waals surface area contributed by atoms with Crippen LogP contribution < -0.4 is 10.4 Å². The first-order valence-electron chi connectivity index (χ1n) is 7.19. The van der Waals surface area contributed by atoms with Crippen LogP contribution in [0.25, 0.3) is 0 Å². The lowest BCUT2D eigenvalue weighted by molar-refractivity contribution is -0.884. The summed E-state index contributed by atoms with van der Waals surface area (Å²) in [5, 5.41) is 13.3. The van der Waals surface area contributed by atoms with E-state index in [-0.39, 0.29) is 12.5 Å². The molecule has 0 aliphatic carbocycles. The Labute approximate surface area is 120 Å². The van der Waals surface area contributed by atoms with Gasteiger partial charge in [-0.1, -0.05) is 6.92 Å². The van der Waals surface area contributed by atoms with Gasteiger partial charge in [-0.3, -0.25) is 4.79 Å². The molecule has 1 atom stereocenters. The number of alkyl halides is 1. The van der Waals surface area contributed by atoms with E-state index >= 15 is 0 Å². The van der Waals surface area contributed by atoms with Gasteiger partial charge in [0.25, 0.3) is 0 Å². The zero-order valence-electron chi connectivity index (χ0n) is 12.8. The smallest absolute Gasteiger partial charge is 0.219 e. The van der Waals surface area contributed by atoms with E-state index in [4.69, 9.17) is 0 Å². The molecule has 0 bridgehead atoms. The Hall–Kier alpha value is -1.17. The molecule has 0 spiro atoms. The van der Waals surface area contributed by atoms with Crippen LogP contribution in [-0.2, 0) is 9.59 Å². The minimum absolute atomic E-state index is 0.0388. The fraction of sp³-hybridized carbons (Fsp3) is 0.857. The monoisotopic (exact) mass is 290 g/mol. The fourth-order valence-corrected chi connectivity index (χ4v) is 1.94. The average molecular weight is 290 g/mol. The van der Waals surface area contributed by atoms with Gasteiger partial charge in [0, 0.05) is 19.4 Å². The number of rotatable bonds is 11. The van der Waals surface area contributed by atoms with Gasteiger partial charge in [0.15, 0.2) is 0 Å². The van der Waals surface area contributed by atoms with Gasteiger partial charge >= 0.3 is 0 Å². The second-order valence-corrected chi connectivity index (χ2v) is 5.79. The number of hydrogen-bond acceptors (Lipinski definition) is 3. The Morgan fingerprint density at radius 3 is 2.50 bits per heavy atom. The summed E-state index contributed by atoms with van der Waals surface area (Å²) < 4.78 is 13.3. The predicted molar refractivity (Wildman–Crippen MR) is 73.5 cm³/mol. The second-order valence-electron chi connectivity index (χ2n) is 5.79. The van der Waals surface area contributed by atoms with E-state index in [9.17, 15) is 19.1 Å². The van der Waals surface area contributed by atoms with Crippen molar-refractivity contribution in [1.29, 1.82) is 0 Å². The number of halogens is 1. The van der Waals surface area contributed by atoms with Crippen LogP contribution in [0, 0.1) is 0 Å². The molecule has 0 heterocycles. The largest absolute Gasteiger partial charge is 0.544 e. The molecule has 0 aromatic rings. The SMILES string of the molecule is CCC(F)CCCC(=O)NCCC[N+](C)(C)CC(=O)[O-]. The number of carboxylic acids is 1. The predicted octanol–water partition coefficient (Wildman–Crippen LogP) is 0.237. The highest BCUT2D eigenvalue weighted by Gasteiger charge is 2.14. The normalized spacial score (nSPS) is 13.0. The molecule has 0 saturated carbocycles. The molecule has 1 N–H and O–H groups in total.